The molecule has 212 valence electrons. The predicted octanol–water partition coefficient (Wildman–Crippen LogP) is 11.9. The molecule has 1 heteroatoms. The minimum atomic E-state index is 0.888. The average Bonchev–Trinajstić information content (AvgIpc) is 3.47. The van der Waals surface area contributed by atoms with E-state index in [1.54, 1.807) is 0 Å². The Morgan fingerprint density at radius 3 is 2.14 bits per heavy atom. The molecular formula is C43H34O. The third kappa shape index (κ3) is 4.48. The Kier molecular flexibility index (Phi) is 6.72. The van der Waals surface area contributed by atoms with Gasteiger partial charge in [-0.05, 0) is 68.6 Å². The summed E-state index contributed by atoms with van der Waals surface area (Å²) in [6.07, 6.45) is 13.0. The molecule has 0 saturated carbocycles. The first-order valence-electron chi connectivity index (χ1n) is 15.8. The average molecular weight is 567 g/mol. The number of para-hydroxylation sites is 1. The molecule has 0 saturated heterocycles. The number of allylic oxidation sites excluding steroid dienone is 2. The zero-order chi connectivity index (χ0) is 29.5. The van der Waals surface area contributed by atoms with Crippen molar-refractivity contribution in [3.63, 3.8) is 0 Å². The van der Waals surface area contributed by atoms with Gasteiger partial charge in [0.25, 0.3) is 0 Å². The highest BCUT2D eigenvalue weighted by atomic mass is 16.3. The maximum atomic E-state index is 6.63. The van der Waals surface area contributed by atoms with E-state index in [4.69, 9.17) is 4.42 Å². The molecule has 6 aromatic carbocycles. The molecule has 44 heavy (non-hydrogen) atoms. The van der Waals surface area contributed by atoms with Gasteiger partial charge in [-0.2, -0.15) is 0 Å². The van der Waals surface area contributed by atoms with Crippen molar-refractivity contribution in [1.82, 2.24) is 0 Å². The van der Waals surface area contributed by atoms with Gasteiger partial charge in [0.2, 0.25) is 0 Å². The highest BCUT2D eigenvalue weighted by Crippen LogP contribution is 2.46. The van der Waals surface area contributed by atoms with Crippen LogP contribution in [0.5, 0.6) is 0 Å². The molecule has 1 aliphatic rings. The molecule has 0 aliphatic heterocycles. The number of hydrogen-bond acceptors (Lipinski definition) is 1. The Morgan fingerprint density at radius 2 is 1.36 bits per heavy atom. The van der Waals surface area contributed by atoms with E-state index >= 15 is 0 Å². The maximum absolute atomic E-state index is 6.63. The normalized spacial score (nSPS) is 12.9. The second kappa shape index (κ2) is 11.2. The fourth-order valence-corrected chi connectivity index (χ4v) is 7.09. The summed E-state index contributed by atoms with van der Waals surface area (Å²) in [5.41, 5.74) is 11.2. The standard InChI is InChI=1S/C43H34O/c1-2-30-16-3-4-17-31(30)18-11-14-29-15-12-19-32(28-29)41-34-21-5-7-23-36(34)42(37-24-8-6-22-35(37)41)39-26-13-25-38-33-20-9-10-27-40(33)44-43(38)39/h3-9,11-13,15-26,28H,2,10,14,27H2,1H3/b18-11-. The molecule has 0 bridgehead atoms. The van der Waals surface area contributed by atoms with E-state index in [0.29, 0.717) is 0 Å². The van der Waals surface area contributed by atoms with Crippen LogP contribution in [0.2, 0.25) is 0 Å². The van der Waals surface area contributed by atoms with E-state index in [1.165, 1.54) is 65.9 Å². The van der Waals surface area contributed by atoms with Crippen molar-refractivity contribution < 1.29 is 4.42 Å². The van der Waals surface area contributed by atoms with Crippen molar-refractivity contribution in [2.45, 2.75) is 32.6 Å². The molecule has 0 radical (unpaired) electrons. The maximum Gasteiger partial charge on any atom is 0.142 e. The number of aryl methyl sites for hydroxylation is 2. The van der Waals surface area contributed by atoms with E-state index < -0.39 is 0 Å². The van der Waals surface area contributed by atoms with Crippen molar-refractivity contribution in [3.05, 3.63) is 155 Å². The Hall–Kier alpha value is -5.14. The van der Waals surface area contributed by atoms with Gasteiger partial charge in [-0.1, -0.05) is 146 Å². The van der Waals surface area contributed by atoms with Crippen molar-refractivity contribution in [2.75, 3.05) is 0 Å². The van der Waals surface area contributed by atoms with Gasteiger partial charge in [-0.25, -0.2) is 0 Å². The fourth-order valence-electron chi connectivity index (χ4n) is 7.09. The second-order valence-corrected chi connectivity index (χ2v) is 11.8. The zero-order valence-corrected chi connectivity index (χ0v) is 25.0. The van der Waals surface area contributed by atoms with Crippen LogP contribution in [0.4, 0.5) is 0 Å². The molecule has 0 amide bonds. The Bertz CT molecular complexity index is 2180. The molecule has 7 aromatic rings. The van der Waals surface area contributed by atoms with Crippen molar-refractivity contribution >= 4 is 44.7 Å². The van der Waals surface area contributed by atoms with Crippen molar-refractivity contribution in [2.24, 2.45) is 0 Å². The fraction of sp³-hybridized carbons (Fsp3) is 0.116. The number of fused-ring (bicyclic) bond motifs is 5. The van der Waals surface area contributed by atoms with E-state index in [0.717, 1.165) is 42.6 Å². The second-order valence-electron chi connectivity index (χ2n) is 11.8. The largest absolute Gasteiger partial charge is 0.460 e. The Morgan fingerprint density at radius 1 is 0.682 bits per heavy atom. The van der Waals surface area contributed by atoms with E-state index in [-0.39, 0.29) is 0 Å². The third-order valence-corrected chi connectivity index (χ3v) is 9.16. The highest BCUT2D eigenvalue weighted by molar-refractivity contribution is 6.23. The molecule has 1 heterocycles. The van der Waals surface area contributed by atoms with E-state index in [9.17, 15) is 0 Å². The predicted molar refractivity (Wildman–Crippen MR) is 188 cm³/mol. The summed E-state index contributed by atoms with van der Waals surface area (Å²) < 4.78 is 6.63. The lowest BCUT2D eigenvalue weighted by Gasteiger charge is -2.18. The summed E-state index contributed by atoms with van der Waals surface area (Å²) in [6.45, 7) is 2.22. The Labute approximate surface area is 258 Å². The minimum absolute atomic E-state index is 0.888. The molecule has 0 N–H and O–H groups in total. The topological polar surface area (TPSA) is 13.1 Å². The van der Waals surface area contributed by atoms with Crippen LogP contribution >= 0.6 is 0 Å². The zero-order valence-electron chi connectivity index (χ0n) is 25.0. The van der Waals surface area contributed by atoms with Crippen LogP contribution in [-0.2, 0) is 19.3 Å². The van der Waals surface area contributed by atoms with Gasteiger partial charge >= 0.3 is 0 Å². The Balaban J connectivity index is 1.30. The highest BCUT2D eigenvalue weighted by Gasteiger charge is 2.22. The summed E-state index contributed by atoms with van der Waals surface area (Å²) in [5, 5.41) is 6.23. The molecule has 0 unspecified atom stereocenters. The quantitative estimate of drug-likeness (QED) is 0.182. The summed E-state index contributed by atoms with van der Waals surface area (Å²) in [6, 6.07) is 42.2. The summed E-state index contributed by atoms with van der Waals surface area (Å²) >= 11 is 0. The van der Waals surface area contributed by atoms with Crippen LogP contribution in [0.1, 0.15) is 41.4 Å². The van der Waals surface area contributed by atoms with Crippen molar-refractivity contribution in [1.29, 1.82) is 0 Å². The van der Waals surface area contributed by atoms with Gasteiger partial charge < -0.3 is 4.42 Å². The van der Waals surface area contributed by atoms with Gasteiger partial charge in [0.1, 0.15) is 11.3 Å². The van der Waals surface area contributed by atoms with Gasteiger partial charge in [0, 0.05) is 28.5 Å². The first kappa shape index (κ1) is 26.5. The smallest absolute Gasteiger partial charge is 0.142 e. The van der Waals surface area contributed by atoms with E-state index in [2.05, 4.69) is 146 Å². The van der Waals surface area contributed by atoms with Crippen molar-refractivity contribution in [3.8, 4) is 22.3 Å². The van der Waals surface area contributed by atoms with Crippen LogP contribution < -0.4 is 0 Å². The van der Waals surface area contributed by atoms with Crippen LogP contribution in [0.3, 0.4) is 0 Å². The SMILES string of the molecule is CCc1ccccc1/C=C\Cc1cccc(-c2c3ccccc3c(-c3cccc4c5c(oc34)CCC=C5)c3ccccc23)c1. The third-order valence-electron chi connectivity index (χ3n) is 9.16. The van der Waals surface area contributed by atoms with Crippen LogP contribution in [0.15, 0.2) is 132 Å². The number of benzene rings is 6. The summed E-state index contributed by atoms with van der Waals surface area (Å²) in [4.78, 5) is 0. The van der Waals surface area contributed by atoms with Gasteiger partial charge in [0.05, 0.1) is 0 Å². The lowest BCUT2D eigenvalue weighted by molar-refractivity contribution is 0.547. The van der Waals surface area contributed by atoms with Crippen LogP contribution in [0.25, 0.3) is 66.9 Å². The van der Waals surface area contributed by atoms with Gasteiger partial charge in [0.15, 0.2) is 0 Å². The lowest BCUT2D eigenvalue weighted by Crippen LogP contribution is -1.92. The molecule has 0 atom stereocenters. The van der Waals surface area contributed by atoms with Crippen LogP contribution in [0, 0.1) is 0 Å². The van der Waals surface area contributed by atoms with Gasteiger partial charge in [-0.3, -0.25) is 0 Å². The summed E-state index contributed by atoms with van der Waals surface area (Å²) in [5.74, 6) is 1.10. The first-order valence-corrected chi connectivity index (χ1v) is 15.8. The molecule has 1 aliphatic carbocycles. The van der Waals surface area contributed by atoms with Crippen LogP contribution in [-0.4, -0.2) is 0 Å². The molecular weight excluding hydrogens is 532 g/mol. The van der Waals surface area contributed by atoms with Gasteiger partial charge in [-0.15, -0.1) is 0 Å². The molecule has 1 nitrogen and oxygen atoms in total. The lowest BCUT2D eigenvalue weighted by atomic mass is 9.85. The molecule has 1 aromatic heterocycles. The minimum Gasteiger partial charge on any atom is -0.460 e. The molecule has 8 rings (SSSR count). The number of rotatable bonds is 6. The monoisotopic (exact) mass is 566 g/mol. The summed E-state index contributed by atoms with van der Waals surface area (Å²) in [7, 11) is 0. The molecule has 0 fully saturated rings. The molecule has 0 spiro atoms. The first-order chi connectivity index (χ1) is 21.8. The number of hydrogen-bond donors (Lipinski definition) is 0. The van der Waals surface area contributed by atoms with E-state index in [1.807, 2.05) is 0 Å². The number of furan rings is 1.